The van der Waals surface area contributed by atoms with Crippen molar-refractivity contribution in [3.8, 4) is 0 Å². The highest BCUT2D eigenvalue weighted by molar-refractivity contribution is 7.99. The summed E-state index contributed by atoms with van der Waals surface area (Å²) in [6, 6.07) is 10.6. The first-order chi connectivity index (χ1) is 11.3. The largest absolute Gasteiger partial charge is 0.370 e. The zero-order chi connectivity index (χ0) is 17.7. The Labute approximate surface area is 144 Å². The fourth-order valence-corrected chi connectivity index (χ4v) is 4.14. The number of hydrogen-bond donors (Lipinski definition) is 2. The summed E-state index contributed by atoms with van der Waals surface area (Å²) in [5.74, 6) is -0.809. The Kier molecular flexibility index (Phi) is 5.84. The van der Waals surface area contributed by atoms with Crippen LogP contribution in [-0.2, 0) is 14.8 Å². The van der Waals surface area contributed by atoms with E-state index in [1.54, 1.807) is 31.2 Å². The number of para-hydroxylation sites is 1. The lowest BCUT2D eigenvalue weighted by Crippen LogP contribution is -2.15. The van der Waals surface area contributed by atoms with Gasteiger partial charge in [0.25, 0.3) is 10.0 Å². The number of nitrogens with one attached hydrogen (secondary N) is 1. The van der Waals surface area contributed by atoms with E-state index in [0.717, 1.165) is 0 Å². The fourth-order valence-electron chi connectivity index (χ4n) is 1.96. The van der Waals surface area contributed by atoms with Crippen LogP contribution in [0.1, 0.15) is 12.0 Å². The second-order valence-electron chi connectivity index (χ2n) is 5.10. The first kappa shape index (κ1) is 18.3. The minimum atomic E-state index is -4.05. The molecule has 0 unspecified atom stereocenters. The smallest absolute Gasteiger partial charge is 0.264 e. The number of benzene rings is 2. The van der Waals surface area contributed by atoms with Gasteiger partial charge in [-0.2, -0.15) is 0 Å². The van der Waals surface area contributed by atoms with E-state index in [1.807, 2.05) is 0 Å². The van der Waals surface area contributed by atoms with E-state index >= 15 is 0 Å². The van der Waals surface area contributed by atoms with Gasteiger partial charge in [0, 0.05) is 17.1 Å². The lowest BCUT2D eigenvalue weighted by atomic mass is 10.2. The Bertz CT molecular complexity index is 854. The van der Waals surface area contributed by atoms with Crippen molar-refractivity contribution in [1.29, 1.82) is 0 Å². The molecule has 0 aliphatic heterocycles. The third kappa shape index (κ3) is 4.72. The topological polar surface area (TPSA) is 89.3 Å². The second kappa shape index (κ2) is 7.67. The average molecular weight is 368 g/mol. The van der Waals surface area contributed by atoms with E-state index in [4.69, 9.17) is 5.73 Å². The van der Waals surface area contributed by atoms with Crippen molar-refractivity contribution in [1.82, 2.24) is 0 Å². The van der Waals surface area contributed by atoms with Crippen LogP contribution in [0.25, 0.3) is 0 Å². The van der Waals surface area contributed by atoms with Crippen molar-refractivity contribution in [2.45, 2.75) is 23.1 Å². The normalized spacial score (nSPS) is 11.2. The Morgan fingerprint density at radius 2 is 1.96 bits per heavy atom. The highest BCUT2D eigenvalue weighted by Gasteiger charge is 2.20. The van der Waals surface area contributed by atoms with Gasteiger partial charge in [-0.05, 0) is 36.8 Å². The third-order valence-corrected chi connectivity index (χ3v) is 5.59. The highest BCUT2D eigenvalue weighted by atomic mass is 32.2. The van der Waals surface area contributed by atoms with Crippen molar-refractivity contribution in [3.63, 3.8) is 0 Å². The van der Waals surface area contributed by atoms with Crippen LogP contribution in [0.4, 0.5) is 10.1 Å². The quantitative estimate of drug-likeness (QED) is 0.736. The number of anilines is 1. The number of carbonyl (C=O) groups is 1. The number of sulfonamides is 1. The molecule has 0 aromatic heterocycles. The second-order valence-corrected chi connectivity index (χ2v) is 7.89. The van der Waals surface area contributed by atoms with Crippen molar-refractivity contribution in [2.24, 2.45) is 5.73 Å². The van der Waals surface area contributed by atoms with Gasteiger partial charge in [-0.15, -0.1) is 11.8 Å². The van der Waals surface area contributed by atoms with Gasteiger partial charge >= 0.3 is 0 Å². The molecule has 0 saturated heterocycles. The van der Waals surface area contributed by atoms with Crippen LogP contribution in [0.3, 0.4) is 0 Å². The van der Waals surface area contributed by atoms with E-state index in [0.29, 0.717) is 21.9 Å². The van der Waals surface area contributed by atoms with Crippen molar-refractivity contribution >= 4 is 33.4 Å². The summed E-state index contributed by atoms with van der Waals surface area (Å²) in [6.45, 7) is 1.68. The summed E-state index contributed by atoms with van der Waals surface area (Å²) in [6.07, 6.45) is 0.179. The predicted octanol–water partition coefficient (Wildman–Crippen LogP) is 2.90. The Balaban J connectivity index is 2.25. The SMILES string of the molecule is Cc1ccc(S(=O)(=O)Nc2ccccc2SCCC(N)=O)c(F)c1. The molecule has 2 aromatic carbocycles. The third-order valence-electron chi connectivity index (χ3n) is 3.11. The van der Waals surface area contributed by atoms with Crippen molar-refractivity contribution in [3.05, 3.63) is 53.8 Å². The van der Waals surface area contributed by atoms with Crippen molar-refractivity contribution in [2.75, 3.05) is 10.5 Å². The van der Waals surface area contributed by atoms with Gasteiger partial charge in [0.1, 0.15) is 10.7 Å². The number of amides is 1. The number of rotatable bonds is 7. The zero-order valence-electron chi connectivity index (χ0n) is 13.0. The molecule has 24 heavy (non-hydrogen) atoms. The molecule has 0 saturated carbocycles. The molecule has 3 N–H and O–H groups in total. The van der Waals surface area contributed by atoms with Gasteiger partial charge < -0.3 is 5.73 Å². The number of hydrogen-bond acceptors (Lipinski definition) is 4. The molecule has 0 aliphatic carbocycles. The first-order valence-corrected chi connectivity index (χ1v) is 9.55. The first-order valence-electron chi connectivity index (χ1n) is 7.09. The number of nitrogens with two attached hydrogens (primary N) is 1. The Hall–Kier alpha value is -2.06. The monoisotopic (exact) mass is 368 g/mol. The maximum atomic E-state index is 14.0. The lowest BCUT2D eigenvalue weighted by molar-refractivity contribution is -0.117. The highest BCUT2D eigenvalue weighted by Crippen LogP contribution is 2.29. The molecule has 0 aliphatic rings. The van der Waals surface area contributed by atoms with Gasteiger partial charge in [0.05, 0.1) is 5.69 Å². The summed E-state index contributed by atoms with van der Waals surface area (Å²) < 4.78 is 41.2. The number of thioether (sulfide) groups is 1. The van der Waals surface area contributed by atoms with E-state index in [9.17, 15) is 17.6 Å². The number of aryl methyl sites for hydroxylation is 1. The molecule has 1 amide bonds. The minimum absolute atomic E-state index is 0.179. The molecule has 0 atom stereocenters. The molecular formula is C16H17FN2O3S2. The molecule has 128 valence electrons. The molecule has 0 spiro atoms. The van der Waals surface area contributed by atoms with Crippen LogP contribution in [0, 0.1) is 12.7 Å². The van der Waals surface area contributed by atoms with Gasteiger partial charge in [-0.25, -0.2) is 12.8 Å². The maximum absolute atomic E-state index is 14.0. The van der Waals surface area contributed by atoms with Crippen LogP contribution in [0.2, 0.25) is 0 Å². The Morgan fingerprint density at radius 1 is 1.25 bits per heavy atom. The van der Waals surface area contributed by atoms with E-state index in [1.165, 1.54) is 30.0 Å². The fraction of sp³-hybridized carbons (Fsp3) is 0.188. The standard InChI is InChI=1S/C16H17FN2O3S2/c1-11-6-7-15(12(17)10-11)24(21,22)19-13-4-2-3-5-14(13)23-9-8-16(18)20/h2-7,10,19H,8-9H2,1H3,(H2,18,20). The number of primary amides is 1. The predicted molar refractivity (Wildman–Crippen MR) is 92.9 cm³/mol. The summed E-state index contributed by atoms with van der Waals surface area (Å²) >= 11 is 1.30. The van der Waals surface area contributed by atoms with Gasteiger partial charge in [-0.3, -0.25) is 9.52 Å². The van der Waals surface area contributed by atoms with E-state index in [2.05, 4.69) is 4.72 Å². The molecule has 2 rings (SSSR count). The molecule has 0 bridgehead atoms. The summed E-state index contributed by atoms with van der Waals surface area (Å²) in [7, 11) is -4.05. The number of carbonyl (C=O) groups excluding carboxylic acids is 1. The summed E-state index contributed by atoms with van der Waals surface area (Å²) in [5.41, 5.74) is 6.05. The molecule has 8 heteroatoms. The van der Waals surface area contributed by atoms with Gasteiger partial charge in [0.15, 0.2) is 0 Å². The number of halogens is 1. The van der Waals surface area contributed by atoms with Crippen LogP contribution in [0.15, 0.2) is 52.3 Å². The molecule has 0 radical (unpaired) electrons. The summed E-state index contributed by atoms with van der Waals surface area (Å²) in [4.78, 5) is 11.0. The Morgan fingerprint density at radius 3 is 2.62 bits per heavy atom. The average Bonchev–Trinajstić information content (AvgIpc) is 2.48. The van der Waals surface area contributed by atoms with Crippen LogP contribution >= 0.6 is 11.8 Å². The molecule has 0 heterocycles. The zero-order valence-corrected chi connectivity index (χ0v) is 14.6. The molecule has 0 fully saturated rings. The summed E-state index contributed by atoms with van der Waals surface area (Å²) in [5, 5.41) is 0. The van der Waals surface area contributed by atoms with Crippen LogP contribution < -0.4 is 10.5 Å². The lowest BCUT2D eigenvalue weighted by Gasteiger charge is -2.13. The minimum Gasteiger partial charge on any atom is -0.370 e. The molecule has 5 nitrogen and oxygen atoms in total. The van der Waals surface area contributed by atoms with Gasteiger partial charge in [0.2, 0.25) is 5.91 Å². The molecule has 2 aromatic rings. The van der Waals surface area contributed by atoms with Crippen molar-refractivity contribution < 1.29 is 17.6 Å². The van der Waals surface area contributed by atoms with Gasteiger partial charge in [-0.1, -0.05) is 18.2 Å². The maximum Gasteiger partial charge on any atom is 0.264 e. The van der Waals surface area contributed by atoms with E-state index in [-0.39, 0.29) is 6.42 Å². The van der Waals surface area contributed by atoms with Crippen LogP contribution in [-0.4, -0.2) is 20.1 Å². The molecular weight excluding hydrogens is 351 g/mol. The van der Waals surface area contributed by atoms with E-state index < -0.39 is 26.6 Å². The van der Waals surface area contributed by atoms with Crippen LogP contribution in [0.5, 0.6) is 0 Å².